The molecule has 3 N–H and O–H groups in total. The topological polar surface area (TPSA) is 95.1 Å². The first-order chi connectivity index (χ1) is 13.9. The van der Waals surface area contributed by atoms with Gasteiger partial charge in [-0.2, -0.15) is 5.10 Å². The fraction of sp³-hybridized carbons (Fsp3) is 0.273. The van der Waals surface area contributed by atoms with Crippen molar-refractivity contribution in [2.24, 2.45) is 0 Å². The summed E-state index contributed by atoms with van der Waals surface area (Å²) in [4.78, 5) is 10.7. The number of aliphatic hydroxyl groups is 2. The fourth-order valence-corrected chi connectivity index (χ4v) is 3.36. The zero-order chi connectivity index (χ0) is 21.0. The molecule has 0 saturated carbocycles. The molecule has 2 heterocycles. The number of aliphatic hydroxyl groups excluding tert-OH is 2. The van der Waals surface area contributed by atoms with Gasteiger partial charge in [0.2, 0.25) is 0 Å². The molecule has 1 aromatic carbocycles. The number of aromatic nitrogens is 2. The summed E-state index contributed by atoms with van der Waals surface area (Å²) in [6.07, 6.45) is 3.14. The molecule has 6 nitrogen and oxygen atoms in total. The lowest BCUT2D eigenvalue weighted by atomic mass is 9.98. The minimum atomic E-state index is -1.14. The Bertz CT molecular complexity index is 1030. The van der Waals surface area contributed by atoms with Gasteiger partial charge in [0.25, 0.3) is 0 Å². The summed E-state index contributed by atoms with van der Waals surface area (Å²) >= 11 is 0. The largest absolute Gasteiger partial charge is 0.481 e. The van der Waals surface area contributed by atoms with Crippen molar-refractivity contribution in [3.63, 3.8) is 0 Å². The number of carboxylic acid groups (broad SMARTS) is 1. The summed E-state index contributed by atoms with van der Waals surface area (Å²) in [5.74, 6) is -1.46. The van der Waals surface area contributed by atoms with Crippen LogP contribution in [0.25, 0.3) is 22.9 Å². The quantitative estimate of drug-likeness (QED) is 0.541. The number of fused-ring (bicyclic) bond motifs is 1. The van der Waals surface area contributed by atoms with Crippen molar-refractivity contribution >= 4 is 17.6 Å². The normalized spacial score (nSPS) is 13.8. The standard InChI is InChI=1S/C22H23FN2O4/c1-2-18-19(10-9-16(26)12-17(27)13-21(28)29)22(14-5-7-15(23)8-6-14)24-25-11-3-4-20(18)25/h3-11,16-17,26-27H,2,12-13H2,1H3,(H,28,29)/b10-9+. The maximum absolute atomic E-state index is 13.4. The van der Waals surface area contributed by atoms with Gasteiger partial charge in [-0.25, -0.2) is 8.91 Å². The second-order valence-corrected chi connectivity index (χ2v) is 6.85. The molecular formula is C22H23FN2O4. The summed E-state index contributed by atoms with van der Waals surface area (Å²) in [5, 5.41) is 33.3. The van der Waals surface area contributed by atoms with Crippen molar-refractivity contribution < 1.29 is 24.5 Å². The van der Waals surface area contributed by atoms with Crippen LogP contribution in [0, 0.1) is 5.82 Å². The lowest BCUT2D eigenvalue weighted by molar-refractivity contribution is -0.139. The van der Waals surface area contributed by atoms with Crippen LogP contribution in [0.4, 0.5) is 4.39 Å². The van der Waals surface area contributed by atoms with E-state index in [0.717, 1.165) is 22.2 Å². The van der Waals surface area contributed by atoms with Gasteiger partial charge in [-0.1, -0.05) is 19.1 Å². The van der Waals surface area contributed by atoms with E-state index in [1.54, 1.807) is 22.7 Å². The summed E-state index contributed by atoms with van der Waals surface area (Å²) in [6.45, 7) is 2.02. The zero-order valence-electron chi connectivity index (χ0n) is 16.0. The molecule has 0 aliphatic rings. The first-order valence-corrected chi connectivity index (χ1v) is 9.41. The molecular weight excluding hydrogens is 375 g/mol. The van der Waals surface area contributed by atoms with Crippen LogP contribution in [-0.2, 0) is 11.2 Å². The van der Waals surface area contributed by atoms with Crippen molar-refractivity contribution in [1.29, 1.82) is 0 Å². The van der Waals surface area contributed by atoms with E-state index in [1.807, 2.05) is 25.3 Å². The highest BCUT2D eigenvalue weighted by Gasteiger charge is 2.16. The van der Waals surface area contributed by atoms with Gasteiger partial charge in [0.1, 0.15) is 5.82 Å². The summed E-state index contributed by atoms with van der Waals surface area (Å²) < 4.78 is 15.1. The van der Waals surface area contributed by atoms with Crippen molar-refractivity contribution in [2.75, 3.05) is 0 Å². The van der Waals surface area contributed by atoms with Crippen LogP contribution < -0.4 is 0 Å². The van der Waals surface area contributed by atoms with Gasteiger partial charge in [-0.15, -0.1) is 0 Å². The zero-order valence-corrected chi connectivity index (χ0v) is 16.0. The average Bonchev–Trinajstić information content (AvgIpc) is 3.13. The number of carbonyl (C=O) groups is 1. The third kappa shape index (κ3) is 4.88. The number of nitrogens with zero attached hydrogens (tertiary/aromatic N) is 2. The Hall–Kier alpha value is -3.03. The van der Waals surface area contributed by atoms with E-state index in [9.17, 15) is 19.4 Å². The molecule has 0 amide bonds. The molecule has 0 bridgehead atoms. The number of aliphatic carboxylic acids is 1. The second-order valence-electron chi connectivity index (χ2n) is 6.85. The van der Waals surface area contributed by atoms with E-state index in [0.29, 0.717) is 12.1 Å². The van der Waals surface area contributed by atoms with E-state index in [4.69, 9.17) is 5.11 Å². The Balaban J connectivity index is 2.01. The minimum absolute atomic E-state index is 0.0864. The van der Waals surface area contributed by atoms with Crippen LogP contribution in [0.3, 0.4) is 0 Å². The van der Waals surface area contributed by atoms with Gasteiger partial charge in [0.15, 0.2) is 0 Å². The van der Waals surface area contributed by atoms with E-state index < -0.39 is 24.6 Å². The Morgan fingerprint density at radius 2 is 1.97 bits per heavy atom. The number of benzene rings is 1. The van der Waals surface area contributed by atoms with E-state index in [-0.39, 0.29) is 12.2 Å². The van der Waals surface area contributed by atoms with Gasteiger partial charge in [0.05, 0.1) is 29.8 Å². The van der Waals surface area contributed by atoms with Crippen molar-refractivity contribution in [3.05, 3.63) is 65.6 Å². The van der Waals surface area contributed by atoms with Crippen LogP contribution in [-0.4, -0.2) is 43.1 Å². The lowest BCUT2D eigenvalue weighted by Gasteiger charge is -2.14. The van der Waals surface area contributed by atoms with E-state index in [1.165, 1.54) is 18.2 Å². The minimum Gasteiger partial charge on any atom is -0.481 e. The average molecular weight is 398 g/mol. The van der Waals surface area contributed by atoms with Gasteiger partial charge in [-0.05, 0) is 48.4 Å². The number of carboxylic acids is 1. The number of halogens is 1. The monoisotopic (exact) mass is 398 g/mol. The van der Waals surface area contributed by atoms with Crippen LogP contribution in [0.1, 0.15) is 30.9 Å². The maximum atomic E-state index is 13.4. The Labute approximate surface area is 167 Å². The molecule has 2 unspecified atom stereocenters. The molecule has 0 saturated heterocycles. The lowest BCUT2D eigenvalue weighted by Crippen LogP contribution is -2.19. The molecule has 0 aliphatic heterocycles. The molecule has 2 atom stereocenters. The Kier molecular flexibility index (Phi) is 6.41. The maximum Gasteiger partial charge on any atom is 0.305 e. The van der Waals surface area contributed by atoms with Gasteiger partial charge in [-0.3, -0.25) is 4.79 Å². The van der Waals surface area contributed by atoms with Crippen LogP contribution in [0.5, 0.6) is 0 Å². The number of rotatable bonds is 8. The van der Waals surface area contributed by atoms with Gasteiger partial charge < -0.3 is 15.3 Å². The predicted octanol–water partition coefficient (Wildman–Crippen LogP) is 3.30. The molecule has 0 aliphatic carbocycles. The van der Waals surface area contributed by atoms with E-state index in [2.05, 4.69) is 5.10 Å². The third-order valence-electron chi connectivity index (χ3n) is 4.71. The molecule has 7 heteroatoms. The molecule has 0 fully saturated rings. The van der Waals surface area contributed by atoms with Crippen molar-refractivity contribution in [3.8, 4) is 11.3 Å². The fourth-order valence-electron chi connectivity index (χ4n) is 3.36. The highest BCUT2D eigenvalue weighted by Crippen LogP contribution is 2.29. The molecule has 3 aromatic rings. The van der Waals surface area contributed by atoms with Crippen LogP contribution >= 0.6 is 0 Å². The van der Waals surface area contributed by atoms with Crippen LogP contribution in [0.2, 0.25) is 0 Å². The first-order valence-electron chi connectivity index (χ1n) is 9.41. The van der Waals surface area contributed by atoms with E-state index >= 15 is 0 Å². The first kappa shape index (κ1) is 20.7. The Morgan fingerprint density at radius 3 is 2.62 bits per heavy atom. The molecule has 2 aromatic heterocycles. The highest BCUT2D eigenvalue weighted by atomic mass is 19.1. The second kappa shape index (κ2) is 8.98. The predicted molar refractivity (Wildman–Crippen MR) is 108 cm³/mol. The third-order valence-corrected chi connectivity index (χ3v) is 4.71. The van der Waals surface area contributed by atoms with Crippen molar-refractivity contribution in [1.82, 2.24) is 9.61 Å². The summed E-state index contributed by atoms with van der Waals surface area (Å²) in [7, 11) is 0. The highest BCUT2D eigenvalue weighted by molar-refractivity contribution is 5.78. The molecule has 29 heavy (non-hydrogen) atoms. The van der Waals surface area contributed by atoms with Gasteiger partial charge in [0, 0.05) is 23.7 Å². The molecule has 0 spiro atoms. The Morgan fingerprint density at radius 1 is 1.24 bits per heavy atom. The van der Waals surface area contributed by atoms with Gasteiger partial charge >= 0.3 is 5.97 Å². The SMILES string of the molecule is CCc1c(/C=C/C(O)CC(O)CC(=O)O)c(-c2ccc(F)cc2)nn2cccc12. The van der Waals surface area contributed by atoms with Crippen LogP contribution in [0.15, 0.2) is 48.7 Å². The molecule has 3 rings (SSSR count). The number of hydrogen-bond acceptors (Lipinski definition) is 4. The number of hydrogen-bond donors (Lipinski definition) is 3. The number of aryl methyl sites for hydroxylation is 1. The summed E-state index contributed by atoms with van der Waals surface area (Å²) in [5.41, 5.74) is 4.10. The molecule has 0 radical (unpaired) electrons. The van der Waals surface area contributed by atoms with Crippen molar-refractivity contribution in [2.45, 2.75) is 38.4 Å². The smallest absolute Gasteiger partial charge is 0.305 e. The summed E-state index contributed by atoms with van der Waals surface area (Å²) in [6, 6.07) is 9.87. The molecule has 152 valence electrons.